The van der Waals surface area contributed by atoms with Crippen LogP contribution in [0.5, 0.6) is 5.75 Å². The predicted octanol–water partition coefficient (Wildman–Crippen LogP) is 3.56. The van der Waals surface area contributed by atoms with Crippen LogP contribution < -0.4 is 14.4 Å². The molecule has 1 saturated heterocycles. The Morgan fingerprint density at radius 3 is 2.15 bits per heavy atom. The number of nitrogens with zero attached hydrogens (tertiary/aromatic N) is 2. The predicted molar refractivity (Wildman–Crippen MR) is 150 cm³/mol. The maximum Gasteiger partial charge on any atom is 0.264 e. The van der Waals surface area contributed by atoms with E-state index in [0.717, 1.165) is 29.1 Å². The van der Waals surface area contributed by atoms with Gasteiger partial charge in [-0.15, -0.1) is 0 Å². The number of nitrogens with one attached hydrogen (secondary N) is 1. The molecular weight excluding hydrogens is 538 g/mol. The molecule has 0 bridgehead atoms. The Labute approximate surface area is 230 Å². The summed E-state index contributed by atoms with van der Waals surface area (Å²) in [4.78, 5) is 13.1. The minimum absolute atomic E-state index is 0.0927. The standard InChI is InChI=1S/C28H33N3O6S2/c1-23-10-6-7-13-27(23)31(39(35,36)25-11-4-2-5-12-25)22-28(32)29-18-21-37-24-14-16-26(17-15-24)38(33,34)30-19-8-3-9-20-30/h2,4-7,10-17H,3,8-9,18-22H2,1H3,(H,29,32). The molecular formula is C28H33N3O6S2. The van der Waals surface area contributed by atoms with E-state index in [0.29, 0.717) is 24.5 Å². The summed E-state index contributed by atoms with van der Waals surface area (Å²) in [5, 5.41) is 2.70. The summed E-state index contributed by atoms with van der Waals surface area (Å²) in [6.07, 6.45) is 2.78. The number of piperidine rings is 1. The van der Waals surface area contributed by atoms with Gasteiger partial charge in [-0.1, -0.05) is 42.8 Å². The van der Waals surface area contributed by atoms with Crippen molar-refractivity contribution in [1.29, 1.82) is 0 Å². The van der Waals surface area contributed by atoms with Crippen molar-refractivity contribution in [2.75, 3.05) is 37.1 Å². The van der Waals surface area contributed by atoms with Gasteiger partial charge in [-0.05, 0) is 67.8 Å². The van der Waals surface area contributed by atoms with Gasteiger partial charge in [-0.3, -0.25) is 9.10 Å². The molecule has 208 valence electrons. The van der Waals surface area contributed by atoms with Crippen LogP contribution in [0.4, 0.5) is 5.69 Å². The fourth-order valence-electron chi connectivity index (χ4n) is 4.37. The second kappa shape index (κ2) is 12.6. The Morgan fingerprint density at radius 2 is 1.49 bits per heavy atom. The molecule has 1 aliphatic rings. The van der Waals surface area contributed by atoms with Gasteiger partial charge in [0.05, 0.1) is 22.0 Å². The van der Waals surface area contributed by atoms with Gasteiger partial charge >= 0.3 is 0 Å². The molecule has 0 saturated carbocycles. The first-order valence-electron chi connectivity index (χ1n) is 12.8. The fraction of sp³-hybridized carbons (Fsp3) is 0.321. The van der Waals surface area contributed by atoms with E-state index in [1.165, 1.54) is 28.6 Å². The third-order valence-electron chi connectivity index (χ3n) is 6.47. The van der Waals surface area contributed by atoms with Crippen molar-refractivity contribution < 1.29 is 26.4 Å². The third kappa shape index (κ3) is 6.97. The lowest BCUT2D eigenvalue weighted by atomic mass is 10.2. The number of carbonyl (C=O) groups excluding carboxylic acids is 1. The number of aryl methyl sites for hydroxylation is 1. The molecule has 1 aliphatic heterocycles. The molecule has 39 heavy (non-hydrogen) atoms. The largest absolute Gasteiger partial charge is 0.492 e. The minimum atomic E-state index is -3.98. The lowest BCUT2D eigenvalue weighted by molar-refractivity contribution is -0.119. The van der Waals surface area contributed by atoms with E-state index in [9.17, 15) is 21.6 Å². The molecule has 1 amide bonds. The smallest absolute Gasteiger partial charge is 0.264 e. The van der Waals surface area contributed by atoms with Gasteiger partial charge in [0.2, 0.25) is 15.9 Å². The van der Waals surface area contributed by atoms with Crippen LogP contribution in [-0.4, -0.2) is 59.8 Å². The third-order valence-corrected chi connectivity index (χ3v) is 10.2. The van der Waals surface area contributed by atoms with Crippen LogP contribution in [0.3, 0.4) is 0 Å². The molecule has 0 radical (unpaired) electrons. The number of para-hydroxylation sites is 1. The number of hydrogen-bond donors (Lipinski definition) is 1. The van der Waals surface area contributed by atoms with Gasteiger partial charge in [0, 0.05) is 13.1 Å². The molecule has 9 nitrogen and oxygen atoms in total. The Morgan fingerprint density at radius 1 is 0.846 bits per heavy atom. The summed E-state index contributed by atoms with van der Waals surface area (Å²) in [5.74, 6) is -0.0145. The summed E-state index contributed by atoms with van der Waals surface area (Å²) in [5.41, 5.74) is 1.14. The van der Waals surface area contributed by atoms with Gasteiger partial charge in [0.15, 0.2) is 0 Å². The van der Waals surface area contributed by atoms with E-state index < -0.39 is 32.5 Å². The molecule has 3 aromatic rings. The quantitative estimate of drug-likeness (QED) is 0.352. The average Bonchev–Trinajstić information content (AvgIpc) is 2.95. The van der Waals surface area contributed by atoms with Gasteiger partial charge < -0.3 is 10.1 Å². The zero-order valence-electron chi connectivity index (χ0n) is 21.8. The highest BCUT2D eigenvalue weighted by Gasteiger charge is 2.28. The SMILES string of the molecule is Cc1ccccc1N(CC(=O)NCCOc1ccc(S(=O)(=O)N2CCCCC2)cc1)S(=O)(=O)c1ccccc1. The number of rotatable bonds is 11. The van der Waals surface area contributed by atoms with Crippen molar-refractivity contribution in [3.63, 3.8) is 0 Å². The molecule has 0 atom stereocenters. The van der Waals surface area contributed by atoms with E-state index in [-0.39, 0.29) is 22.9 Å². The van der Waals surface area contributed by atoms with Crippen LogP contribution in [0, 0.1) is 6.92 Å². The van der Waals surface area contributed by atoms with Crippen LogP contribution in [0.15, 0.2) is 88.7 Å². The second-order valence-corrected chi connectivity index (χ2v) is 13.0. The molecule has 11 heteroatoms. The molecule has 4 rings (SSSR count). The zero-order chi connectivity index (χ0) is 27.9. The Bertz CT molecular complexity index is 1470. The Hall–Kier alpha value is -3.41. The number of hydrogen-bond acceptors (Lipinski definition) is 6. The first-order valence-corrected chi connectivity index (χ1v) is 15.7. The maximum atomic E-state index is 13.4. The fourth-order valence-corrected chi connectivity index (χ4v) is 7.39. The van der Waals surface area contributed by atoms with Crippen molar-refractivity contribution in [2.24, 2.45) is 0 Å². The normalized spacial score (nSPS) is 14.5. The lowest BCUT2D eigenvalue weighted by Crippen LogP contribution is -2.42. The lowest BCUT2D eigenvalue weighted by Gasteiger charge is -2.26. The van der Waals surface area contributed by atoms with Crippen molar-refractivity contribution in [3.8, 4) is 5.75 Å². The number of sulfonamides is 2. The van der Waals surface area contributed by atoms with E-state index in [4.69, 9.17) is 4.74 Å². The number of ether oxygens (including phenoxy) is 1. The number of anilines is 1. The first kappa shape index (κ1) is 28.6. The molecule has 1 N–H and O–H groups in total. The minimum Gasteiger partial charge on any atom is -0.492 e. The van der Waals surface area contributed by atoms with Crippen molar-refractivity contribution in [2.45, 2.75) is 36.0 Å². The molecule has 3 aromatic carbocycles. The molecule has 1 fully saturated rings. The van der Waals surface area contributed by atoms with E-state index in [1.807, 2.05) is 0 Å². The topological polar surface area (TPSA) is 113 Å². The molecule has 1 heterocycles. The zero-order valence-corrected chi connectivity index (χ0v) is 23.5. The van der Waals surface area contributed by atoms with E-state index in [2.05, 4.69) is 5.32 Å². The van der Waals surface area contributed by atoms with Crippen molar-refractivity contribution in [3.05, 3.63) is 84.4 Å². The monoisotopic (exact) mass is 571 g/mol. The first-order chi connectivity index (χ1) is 18.7. The van der Waals surface area contributed by atoms with E-state index >= 15 is 0 Å². The number of amides is 1. The van der Waals surface area contributed by atoms with Crippen LogP contribution in [0.1, 0.15) is 24.8 Å². The molecule has 0 unspecified atom stereocenters. The Balaban J connectivity index is 1.34. The molecule has 0 aliphatic carbocycles. The average molecular weight is 572 g/mol. The van der Waals surface area contributed by atoms with Crippen LogP contribution in [0.25, 0.3) is 0 Å². The van der Waals surface area contributed by atoms with Crippen LogP contribution in [-0.2, 0) is 24.8 Å². The summed E-state index contributed by atoms with van der Waals surface area (Å²) < 4.78 is 60.7. The van der Waals surface area contributed by atoms with Gasteiger partial charge in [0.25, 0.3) is 10.0 Å². The number of carbonyl (C=O) groups is 1. The van der Waals surface area contributed by atoms with Gasteiger partial charge in [-0.2, -0.15) is 4.31 Å². The number of benzene rings is 3. The maximum absolute atomic E-state index is 13.4. The summed E-state index contributed by atoms with van der Waals surface area (Å²) >= 11 is 0. The van der Waals surface area contributed by atoms with Gasteiger partial charge in [0.1, 0.15) is 18.9 Å². The van der Waals surface area contributed by atoms with Crippen molar-refractivity contribution in [1.82, 2.24) is 9.62 Å². The highest BCUT2D eigenvalue weighted by atomic mass is 32.2. The van der Waals surface area contributed by atoms with Crippen LogP contribution in [0.2, 0.25) is 0 Å². The molecule has 0 spiro atoms. The highest BCUT2D eigenvalue weighted by Crippen LogP contribution is 2.26. The highest BCUT2D eigenvalue weighted by molar-refractivity contribution is 7.92. The van der Waals surface area contributed by atoms with Crippen molar-refractivity contribution >= 4 is 31.6 Å². The summed E-state index contributed by atoms with van der Waals surface area (Å²) in [7, 11) is -7.50. The Kier molecular flexibility index (Phi) is 9.26. The van der Waals surface area contributed by atoms with Crippen LogP contribution >= 0.6 is 0 Å². The van der Waals surface area contributed by atoms with E-state index in [1.54, 1.807) is 61.5 Å². The summed E-state index contributed by atoms with van der Waals surface area (Å²) in [6, 6.07) is 21.2. The molecule has 0 aromatic heterocycles. The summed E-state index contributed by atoms with van der Waals surface area (Å²) in [6.45, 7) is 2.73. The second-order valence-electron chi connectivity index (χ2n) is 9.25. The van der Waals surface area contributed by atoms with Gasteiger partial charge in [-0.25, -0.2) is 16.8 Å².